The normalized spacial score (nSPS) is 11.5. The lowest BCUT2D eigenvalue weighted by atomic mass is 9.97. The molecule has 0 bridgehead atoms. The first-order valence-electron chi connectivity index (χ1n) is 14.0. The molecule has 0 saturated carbocycles. The molecule has 1 amide bonds. The molecule has 7 nitrogen and oxygen atoms in total. The lowest BCUT2D eigenvalue weighted by molar-refractivity contribution is -0.129. The molecule has 4 aromatic carbocycles. The minimum Gasteiger partial charge on any atom is -0.493 e. The zero-order valence-corrected chi connectivity index (χ0v) is 24.1. The predicted molar refractivity (Wildman–Crippen MR) is 163 cm³/mol. The Morgan fingerprint density at radius 2 is 1.57 bits per heavy atom. The summed E-state index contributed by atoms with van der Waals surface area (Å²) in [6.45, 7) is 0.921. The van der Waals surface area contributed by atoms with E-state index in [2.05, 4.69) is 10.1 Å². The standard InChI is InChI=1S/C34H34ClNO6/c35-29-10-3-6-25(20-29)7-4-11-33(38)32(21-26-12-15-30(16-13-26)41-19-5-18-40-24-37)36-34(39)23-42-31-17-14-27-8-1-2-9-28(27)22-31/h1-3,6,8-10,12-17,20,22,24,32H,4-5,7,11,18-19,21,23H2,(H,36,39)/t32-/m0/s1. The number of carbonyl (C=O) groups excluding carboxylic acids is 3. The van der Waals surface area contributed by atoms with E-state index in [0.717, 1.165) is 21.9 Å². The highest BCUT2D eigenvalue weighted by molar-refractivity contribution is 6.30. The maximum Gasteiger partial charge on any atom is 0.293 e. The predicted octanol–water partition coefficient (Wildman–Crippen LogP) is 6.13. The van der Waals surface area contributed by atoms with Gasteiger partial charge in [-0.1, -0.05) is 66.2 Å². The summed E-state index contributed by atoms with van der Waals surface area (Å²) in [6.07, 6.45) is 2.58. The highest BCUT2D eigenvalue weighted by Crippen LogP contribution is 2.21. The van der Waals surface area contributed by atoms with Crippen LogP contribution in [0, 0.1) is 0 Å². The second-order valence-corrected chi connectivity index (χ2v) is 10.3. The van der Waals surface area contributed by atoms with Crippen molar-refractivity contribution in [3.8, 4) is 11.5 Å². The number of carbonyl (C=O) groups is 3. The van der Waals surface area contributed by atoms with Crippen LogP contribution in [0.1, 0.15) is 30.4 Å². The van der Waals surface area contributed by atoms with Crippen LogP contribution in [-0.4, -0.2) is 44.0 Å². The fourth-order valence-electron chi connectivity index (χ4n) is 4.56. The fraction of sp³-hybridized carbons (Fsp3) is 0.265. The van der Waals surface area contributed by atoms with E-state index in [4.69, 9.17) is 21.1 Å². The maximum absolute atomic E-state index is 13.3. The summed E-state index contributed by atoms with van der Waals surface area (Å²) in [7, 11) is 0. The number of fused-ring (bicyclic) bond motifs is 1. The van der Waals surface area contributed by atoms with Crippen LogP contribution in [0.3, 0.4) is 0 Å². The summed E-state index contributed by atoms with van der Waals surface area (Å²) in [4.78, 5) is 36.5. The third-order valence-corrected chi connectivity index (χ3v) is 6.93. The van der Waals surface area contributed by atoms with Crippen LogP contribution >= 0.6 is 11.6 Å². The van der Waals surface area contributed by atoms with E-state index in [9.17, 15) is 14.4 Å². The zero-order chi connectivity index (χ0) is 29.6. The molecule has 4 rings (SSSR count). The average Bonchev–Trinajstić information content (AvgIpc) is 3.00. The Morgan fingerprint density at radius 1 is 0.786 bits per heavy atom. The molecular weight excluding hydrogens is 554 g/mol. The molecule has 0 unspecified atom stereocenters. The smallest absolute Gasteiger partial charge is 0.293 e. The summed E-state index contributed by atoms with van der Waals surface area (Å²) in [5.74, 6) is 0.837. The summed E-state index contributed by atoms with van der Waals surface area (Å²) in [5.41, 5.74) is 1.95. The van der Waals surface area contributed by atoms with E-state index in [1.54, 1.807) is 0 Å². The van der Waals surface area contributed by atoms with E-state index in [-0.39, 0.29) is 18.3 Å². The number of hydrogen-bond donors (Lipinski definition) is 1. The molecule has 1 N–H and O–H groups in total. The monoisotopic (exact) mass is 587 g/mol. The summed E-state index contributed by atoms with van der Waals surface area (Å²) < 4.78 is 16.1. The van der Waals surface area contributed by atoms with Gasteiger partial charge in [0, 0.05) is 17.9 Å². The lowest BCUT2D eigenvalue weighted by Gasteiger charge is -2.19. The quantitative estimate of drug-likeness (QED) is 0.118. The van der Waals surface area contributed by atoms with Gasteiger partial charge in [-0.25, -0.2) is 0 Å². The van der Waals surface area contributed by atoms with Gasteiger partial charge in [0.2, 0.25) is 0 Å². The number of rotatable bonds is 17. The largest absolute Gasteiger partial charge is 0.493 e. The molecular formula is C34H34ClNO6. The Labute approximate surface area is 250 Å². The van der Waals surface area contributed by atoms with Crippen LogP contribution in [0.15, 0.2) is 91.0 Å². The number of nitrogens with one attached hydrogen (secondary N) is 1. The highest BCUT2D eigenvalue weighted by Gasteiger charge is 2.21. The van der Waals surface area contributed by atoms with Gasteiger partial charge in [0.05, 0.1) is 19.3 Å². The Bertz CT molecular complexity index is 1470. The third kappa shape index (κ3) is 9.93. The summed E-state index contributed by atoms with van der Waals surface area (Å²) in [6, 6.07) is 27.9. The minimum absolute atomic E-state index is 0.0495. The van der Waals surface area contributed by atoms with Gasteiger partial charge in [-0.05, 0) is 77.6 Å². The minimum atomic E-state index is -0.704. The number of aryl methyl sites for hydroxylation is 1. The third-order valence-electron chi connectivity index (χ3n) is 6.70. The first-order chi connectivity index (χ1) is 20.5. The van der Waals surface area contributed by atoms with Gasteiger partial charge >= 0.3 is 0 Å². The highest BCUT2D eigenvalue weighted by atomic mass is 35.5. The molecule has 4 aromatic rings. The molecule has 1 atom stereocenters. The summed E-state index contributed by atoms with van der Waals surface area (Å²) in [5, 5.41) is 5.66. The first kappa shape index (κ1) is 30.6. The molecule has 0 aromatic heterocycles. The van der Waals surface area contributed by atoms with Crippen molar-refractivity contribution in [2.45, 2.75) is 38.1 Å². The molecule has 0 fully saturated rings. The zero-order valence-electron chi connectivity index (χ0n) is 23.3. The molecule has 0 radical (unpaired) electrons. The number of amides is 1. The van der Waals surface area contributed by atoms with Crippen molar-refractivity contribution in [3.63, 3.8) is 0 Å². The SMILES string of the molecule is O=COCCCOc1ccc(C[C@H](NC(=O)COc2ccc3ccccc3c2)C(=O)CCCc2cccc(Cl)c2)cc1. The van der Waals surface area contributed by atoms with Crippen LogP contribution in [0.5, 0.6) is 11.5 Å². The van der Waals surface area contributed by atoms with Crippen molar-refractivity contribution in [1.29, 1.82) is 0 Å². The van der Waals surface area contributed by atoms with E-state index in [0.29, 0.717) is 68.3 Å². The molecule has 0 spiro atoms. The Hall–Kier alpha value is -4.36. The lowest BCUT2D eigenvalue weighted by Crippen LogP contribution is -2.44. The second kappa shape index (κ2) is 16.2. The molecule has 42 heavy (non-hydrogen) atoms. The number of ketones is 1. The van der Waals surface area contributed by atoms with Crippen molar-refractivity contribution in [1.82, 2.24) is 5.32 Å². The van der Waals surface area contributed by atoms with Gasteiger partial charge in [-0.15, -0.1) is 0 Å². The van der Waals surface area contributed by atoms with Crippen molar-refractivity contribution < 1.29 is 28.6 Å². The molecule has 0 aliphatic carbocycles. The number of Topliss-reactive ketones (excluding diaryl/α,β-unsaturated/α-hetero) is 1. The average molecular weight is 588 g/mol. The van der Waals surface area contributed by atoms with Crippen molar-refractivity contribution >= 4 is 40.5 Å². The number of ether oxygens (including phenoxy) is 3. The van der Waals surface area contributed by atoms with Gasteiger partial charge in [-0.2, -0.15) is 0 Å². The summed E-state index contributed by atoms with van der Waals surface area (Å²) >= 11 is 6.09. The van der Waals surface area contributed by atoms with Crippen LogP contribution < -0.4 is 14.8 Å². The van der Waals surface area contributed by atoms with Crippen molar-refractivity contribution in [3.05, 3.63) is 107 Å². The second-order valence-electron chi connectivity index (χ2n) is 9.88. The van der Waals surface area contributed by atoms with Crippen LogP contribution in [0.2, 0.25) is 5.02 Å². The number of benzene rings is 4. The van der Waals surface area contributed by atoms with E-state index < -0.39 is 6.04 Å². The Kier molecular flexibility index (Phi) is 11.8. The van der Waals surface area contributed by atoms with Crippen LogP contribution in [0.4, 0.5) is 0 Å². The molecule has 0 heterocycles. The van der Waals surface area contributed by atoms with Gasteiger partial charge in [-0.3, -0.25) is 14.4 Å². The van der Waals surface area contributed by atoms with E-state index >= 15 is 0 Å². The van der Waals surface area contributed by atoms with Crippen LogP contribution in [-0.2, 0) is 32.0 Å². The molecule has 8 heteroatoms. The molecule has 0 saturated heterocycles. The first-order valence-corrected chi connectivity index (χ1v) is 14.3. The number of hydrogen-bond acceptors (Lipinski definition) is 6. The van der Waals surface area contributed by atoms with Gasteiger partial charge in [0.15, 0.2) is 12.4 Å². The maximum atomic E-state index is 13.3. The molecule has 0 aliphatic heterocycles. The van der Waals surface area contributed by atoms with Crippen molar-refractivity contribution in [2.75, 3.05) is 19.8 Å². The number of halogens is 1. The van der Waals surface area contributed by atoms with Gasteiger partial charge < -0.3 is 19.5 Å². The van der Waals surface area contributed by atoms with Crippen molar-refractivity contribution in [2.24, 2.45) is 0 Å². The molecule has 218 valence electrons. The van der Waals surface area contributed by atoms with E-state index in [1.165, 1.54) is 0 Å². The fourth-order valence-corrected chi connectivity index (χ4v) is 4.77. The van der Waals surface area contributed by atoms with E-state index in [1.807, 2.05) is 91.0 Å². The topological polar surface area (TPSA) is 90.9 Å². The Morgan fingerprint density at radius 3 is 2.36 bits per heavy atom. The molecule has 0 aliphatic rings. The van der Waals surface area contributed by atoms with Crippen LogP contribution in [0.25, 0.3) is 10.8 Å². The Balaban J connectivity index is 1.35. The van der Waals surface area contributed by atoms with Gasteiger partial charge in [0.25, 0.3) is 12.4 Å². The van der Waals surface area contributed by atoms with Gasteiger partial charge in [0.1, 0.15) is 11.5 Å².